The van der Waals surface area contributed by atoms with Crippen molar-refractivity contribution in [1.82, 2.24) is 0 Å². The topological polar surface area (TPSA) is 87.0 Å². The lowest BCUT2D eigenvalue weighted by Gasteiger charge is -1.98. The average Bonchev–Trinajstić information content (AvgIpc) is 2.21. The molecule has 0 aliphatic heterocycles. The van der Waals surface area contributed by atoms with E-state index >= 15 is 0 Å². The fraction of sp³-hybridized carbons (Fsp3) is 0. The molecule has 0 aliphatic rings. The van der Waals surface area contributed by atoms with Crippen molar-refractivity contribution < 1.29 is 19.9 Å². The van der Waals surface area contributed by atoms with E-state index in [2.05, 4.69) is 5.16 Å². The summed E-state index contributed by atoms with van der Waals surface area (Å²) >= 11 is 0. The summed E-state index contributed by atoms with van der Waals surface area (Å²) in [6.45, 7) is 0. The lowest BCUT2D eigenvalue weighted by atomic mass is 10.1. The number of nitrogens with zero attached hydrogens (tertiary/aromatic N) is 1. The fourth-order valence-electron chi connectivity index (χ4n) is 0.924. The molecule has 14 heavy (non-hydrogen) atoms. The number of hydrogen-bond donors (Lipinski definition) is 2. The zero-order valence-corrected chi connectivity index (χ0v) is 7.04. The van der Waals surface area contributed by atoms with Gasteiger partial charge in [0.2, 0.25) is 5.78 Å². The molecule has 0 saturated carbocycles. The molecule has 0 unspecified atom stereocenters. The minimum absolute atomic E-state index is 0.0181. The maximum absolute atomic E-state index is 10.9. The quantitative estimate of drug-likeness (QED) is 0.238. The Bertz CT molecular complexity index is 380. The molecule has 5 nitrogen and oxygen atoms in total. The van der Waals surface area contributed by atoms with Crippen LogP contribution in [-0.2, 0) is 9.59 Å². The Labute approximate surface area is 79.3 Å². The fourth-order valence-corrected chi connectivity index (χ4v) is 0.924. The van der Waals surface area contributed by atoms with Gasteiger partial charge in [0.05, 0.1) is 0 Å². The smallest absolute Gasteiger partial charge is 0.247 e. The summed E-state index contributed by atoms with van der Waals surface area (Å²) in [5, 5.41) is 20.2. The Kier molecular flexibility index (Phi) is 2.96. The van der Waals surface area contributed by atoms with Crippen LogP contribution in [0.15, 0.2) is 29.4 Å². The molecule has 72 valence electrons. The number of phenols is 1. The summed E-state index contributed by atoms with van der Waals surface area (Å²) in [5.41, 5.74) is -0.0811. The maximum Gasteiger partial charge on any atom is 0.247 e. The van der Waals surface area contributed by atoms with Crippen molar-refractivity contribution in [1.29, 1.82) is 0 Å². The predicted molar refractivity (Wildman–Crippen MR) is 47.5 cm³/mol. The molecule has 2 N–H and O–H groups in total. The summed E-state index contributed by atoms with van der Waals surface area (Å²) < 4.78 is 0. The van der Waals surface area contributed by atoms with Crippen LogP contribution in [0.1, 0.15) is 5.56 Å². The van der Waals surface area contributed by atoms with Crippen LogP contribution in [0.3, 0.4) is 0 Å². The third-order valence-corrected chi connectivity index (χ3v) is 1.58. The molecule has 0 bridgehead atoms. The Balaban J connectivity index is 3.08. The van der Waals surface area contributed by atoms with E-state index in [1.54, 1.807) is 0 Å². The Morgan fingerprint density at radius 1 is 1.29 bits per heavy atom. The van der Waals surface area contributed by atoms with Gasteiger partial charge in [0.1, 0.15) is 5.75 Å². The third-order valence-electron chi connectivity index (χ3n) is 1.58. The van der Waals surface area contributed by atoms with E-state index in [9.17, 15) is 9.59 Å². The van der Waals surface area contributed by atoms with Crippen LogP contribution in [0.4, 0.5) is 0 Å². The van der Waals surface area contributed by atoms with Gasteiger partial charge in [-0.05, 0) is 24.3 Å². The van der Waals surface area contributed by atoms with Crippen LogP contribution in [0.5, 0.6) is 5.75 Å². The number of aromatic hydroxyl groups is 1. The molecule has 0 fully saturated rings. The highest BCUT2D eigenvalue weighted by molar-refractivity contribution is 6.63. The van der Waals surface area contributed by atoms with Crippen molar-refractivity contribution in [3.63, 3.8) is 0 Å². The van der Waals surface area contributed by atoms with E-state index in [1.807, 2.05) is 0 Å². The summed E-state index contributed by atoms with van der Waals surface area (Å²) in [4.78, 5) is 21.1. The molecule has 0 heterocycles. The number of rotatable bonds is 3. The van der Waals surface area contributed by atoms with Gasteiger partial charge < -0.3 is 10.3 Å². The molecule has 1 aromatic rings. The van der Waals surface area contributed by atoms with E-state index in [-0.39, 0.29) is 23.3 Å². The number of oxime groups is 1. The van der Waals surface area contributed by atoms with Crippen LogP contribution in [-0.4, -0.2) is 28.1 Å². The molecule has 0 amide bonds. The average molecular weight is 193 g/mol. The normalized spacial score (nSPS) is 11.0. The van der Waals surface area contributed by atoms with Gasteiger partial charge in [-0.25, -0.2) is 0 Å². The molecule has 0 saturated heterocycles. The first kappa shape index (κ1) is 9.91. The standard InChI is InChI=1S/C9H7NO4/c11-5-8(13)9(10-14)6-1-3-7(12)4-2-6/h1-5,12,14H. The van der Waals surface area contributed by atoms with Crippen LogP contribution < -0.4 is 0 Å². The van der Waals surface area contributed by atoms with E-state index in [0.717, 1.165) is 0 Å². The highest BCUT2D eigenvalue weighted by Gasteiger charge is 2.13. The number of phenolic OH excluding ortho intramolecular Hbond substituents is 1. The van der Waals surface area contributed by atoms with Crippen molar-refractivity contribution >= 4 is 17.8 Å². The van der Waals surface area contributed by atoms with Crippen molar-refractivity contribution in [3.05, 3.63) is 29.8 Å². The first-order valence-corrected chi connectivity index (χ1v) is 3.70. The number of Topliss-reactive ketones (excluding diaryl/α,β-unsaturated/α-hetero) is 1. The summed E-state index contributed by atoms with van der Waals surface area (Å²) in [6, 6.07) is 5.37. The van der Waals surface area contributed by atoms with Gasteiger partial charge in [-0.15, -0.1) is 0 Å². The highest BCUT2D eigenvalue weighted by atomic mass is 16.4. The largest absolute Gasteiger partial charge is 0.508 e. The van der Waals surface area contributed by atoms with Gasteiger partial charge in [-0.1, -0.05) is 5.16 Å². The second kappa shape index (κ2) is 4.18. The summed E-state index contributed by atoms with van der Waals surface area (Å²) in [5.74, 6) is -0.900. The van der Waals surface area contributed by atoms with Crippen molar-refractivity contribution in [2.45, 2.75) is 0 Å². The van der Waals surface area contributed by atoms with Gasteiger partial charge in [0.25, 0.3) is 0 Å². The van der Waals surface area contributed by atoms with Crippen molar-refractivity contribution in [3.8, 4) is 5.75 Å². The van der Waals surface area contributed by atoms with Crippen LogP contribution in [0.25, 0.3) is 0 Å². The van der Waals surface area contributed by atoms with Crippen molar-refractivity contribution in [2.75, 3.05) is 0 Å². The Morgan fingerprint density at radius 2 is 1.86 bits per heavy atom. The SMILES string of the molecule is O=CC(=O)C(=NO)c1ccc(O)cc1. The summed E-state index contributed by atoms with van der Waals surface area (Å²) in [7, 11) is 0. The highest BCUT2D eigenvalue weighted by Crippen LogP contribution is 2.10. The number of hydrogen-bond acceptors (Lipinski definition) is 5. The molecule has 0 aromatic heterocycles. The van der Waals surface area contributed by atoms with E-state index in [4.69, 9.17) is 10.3 Å². The number of aldehydes is 1. The van der Waals surface area contributed by atoms with Gasteiger partial charge in [0, 0.05) is 5.56 Å². The van der Waals surface area contributed by atoms with E-state index in [0.29, 0.717) is 0 Å². The number of carbonyl (C=O) groups is 2. The van der Waals surface area contributed by atoms with E-state index in [1.165, 1.54) is 24.3 Å². The van der Waals surface area contributed by atoms with Crippen LogP contribution >= 0.6 is 0 Å². The minimum atomic E-state index is -0.918. The Morgan fingerprint density at radius 3 is 2.29 bits per heavy atom. The van der Waals surface area contributed by atoms with Gasteiger partial charge in [-0.3, -0.25) is 9.59 Å². The van der Waals surface area contributed by atoms with Crippen molar-refractivity contribution in [2.24, 2.45) is 5.16 Å². The first-order chi connectivity index (χ1) is 6.69. The molecule has 0 aliphatic carbocycles. The Hall–Kier alpha value is -2.17. The molecule has 0 radical (unpaired) electrons. The predicted octanol–water partition coefficient (Wildman–Crippen LogP) is 0.339. The number of benzene rings is 1. The second-order valence-electron chi connectivity index (χ2n) is 2.48. The molecular formula is C9H7NO4. The summed E-state index contributed by atoms with van der Waals surface area (Å²) in [6.07, 6.45) is 0.0575. The number of ketones is 1. The molecule has 0 spiro atoms. The van der Waals surface area contributed by atoms with E-state index < -0.39 is 5.78 Å². The molecule has 1 aromatic carbocycles. The first-order valence-electron chi connectivity index (χ1n) is 3.70. The molecule has 5 heteroatoms. The zero-order chi connectivity index (χ0) is 10.6. The second-order valence-corrected chi connectivity index (χ2v) is 2.48. The molecule has 1 rings (SSSR count). The monoisotopic (exact) mass is 193 g/mol. The van der Waals surface area contributed by atoms with Crippen LogP contribution in [0, 0.1) is 0 Å². The lowest BCUT2D eigenvalue weighted by Crippen LogP contribution is -2.16. The molecular weight excluding hydrogens is 186 g/mol. The van der Waals surface area contributed by atoms with Gasteiger partial charge in [-0.2, -0.15) is 0 Å². The molecule has 0 atom stereocenters. The maximum atomic E-state index is 10.9. The minimum Gasteiger partial charge on any atom is -0.508 e. The lowest BCUT2D eigenvalue weighted by molar-refractivity contribution is -0.125. The van der Waals surface area contributed by atoms with Gasteiger partial charge >= 0.3 is 0 Å². The zero-order valence-electron chi connectivity index (χ0n) is 7.04. The number of carbonyl (C=O) groups excluding carboxylic acids is 2. The van der Waals surface area contributed by atoms with Gasteiger partial charge in [0.15, 0.2) is 12.0 Å². The third kappa shape index (κ3) is 1.95. The van der Waals surface area contributed by atoms with Crippen LogP contribution in [0.2, 0.25) is 0 Å².